The zero-order chi connectivity index (χ0) is 11.8. The smallest absolute Gasteiger partial charge is 0.366 e. The molecule has 0 saturated heterocycles. The zero-order valence-corrected chi connectivity index (χ0v) is 9.91. The van der Waals surface area contributed by atoms with Crippen LogP contribution in [0.4, 0.5) is 0 Å². The molecule has 2 aromatic heterocycles. The Morgan fingerprint density at radius 3 is 2.94 bits per heavy atom. The Balaban J connectivity index is 2.43. The monoisotopic (exact) mass is 247 g/mol. The lowest BCUT2D eigenvalue weighted by Crippen LogP contribution is -1.98. The first-order valence-electron chi connectivity index (χ1n) is 5.25. The van der Waals surface area contributed by atoms with E-state index in [1.165, 1.54) is 11.8 Å². The number of rotatable bonds is 2. The molecule has 0 amide bonds. The summed E-state index contributed by atoms with van der Waals surface area (Å²) in [5.41, 5.74) is 0.840. The van der Waals surface area contributed by atoms with Crippen molar-refractivity contribution >= 4 is 33.8 Å². The van der Waals surface area contributed by atoms with E-state index in [-0.39, 0.29) is 5.52 Å². The fourth-order valence-corrected chi connectivity index (χ4v) is 2.24. The zero-order valence-electron chi connectivity index (χ0n) is 9.10. The van der Waals surface area contributed by atoms with E-state index in [4.69, 9.17) is 8.83 Å². The molecule has 2 heterocycles. The Labute approximate surface area is 101 Å². The summed E-state index contributed by atoms with van der Waals surface area (Å²) in [4.78, 5) is 15.9. The lowest BCUT2D eigenvalue weighted by molar-refractivity contribution is 0.491. The van der Waals surface area contributed by atoms with Gasteiger partial charge in [-0.2, -0.15) is 4.98 Å². The van der Waals surface area contributed by atoms with E-state index >= 15 is 0 Å². The molecular weight excluding hydrogens is 238 g/mol. The summed E-state index contributed by atoms with van der Waals surface area (Å²) in [5.74, 6) is 0.843. The van der Waals surface area contributed by atoms with Crippen LogP contribution >= 0.6 is 11.8 Å². The summed E-state index contributed by atoms with van der Waals surface area (Å²) < 4.78 is 10.8. The van der Waals surface area contributed by atoms with Gasteiger partial charge in [0.25, 0.3) is 5.22 Å². The van der Waals surface area contributed by atoms with Gasteiger partial charge in [0, 0.05) is 0 Å². The molecule has 0 aliphatic heterocycles. The van der Waals surface area contributed by atoms with E-state index in [1.54, 1.807) is 6.07 Å². The Morgan fingerprint density at radius 2 is 2.12 bits per heavy atom. The van der Waals surface area contributed by atoms with Crippen LogP contribution < -0.4 is 5.63 Å². The Kier molecular flexibility index (Phi) is 2.40. The molecule has 1 aromatic carbocycles. The van der Waals surface area contributed by atoms with Crippen LogP contribution in [-0.2, 0) is 0 Å². The topological polar surface area (TPSA) is 56.2 Å². The summed E-state index contributed by atoms with van der Waals surface area (Å²) in [6, 6.07) is 7.28. The second kappa shape index (κ2) is 3.92. The molecule has 5 heteroatoms. The first-order valence-corrected chi connectivity index (χ1v) is 6.23. The first kappa shape index (κ1) is 10.4. The number of nitrogens with zero attached hydrogens (tertiary/aromatic N) is 1. The highest BCUT2D eigenvalue weighted by Gasteiger charge is 2.14. The standard InChI is InChI=1S/C12H9NO3S/c1-2-17-12-13-9-10(16-12)7-5-3-4-6-8(7)15-11(9)14/h3-6H,2H2,1H3. The van der Waals surface area contributed by atoms with Gasteiger partial charge in [-0.05, 0) is 17.9 Å². The molecule has 0 bridgehead atoms. The molecule has 0 atom stereocenters. The predicted molar refractivity (Wildman–Crippen MR) is 66.4 cm³/mol. The van der Waals surface area contributed by atoms with Crippen LogP contribution in [0.15, 0.2) is 43.1 Å². The normalized spacial score (nSPS) is 11.4. The van der Waals surface area contributed by atoms with E-state index in [1.807, 2.05) is 25.1 Å². The van der Waals surface area contributed by atoms with E-state index < -0.39 is 5.63 Å². The van der Waals surface area contributed by atoms with Crippen molar-refractivity contribution in [2.45, 2.75) is 12.1 Å². The minimum atomic E-state index is -0.453. The SMILES string of the molecule is CCSc1nc2c(=O)oc3ccccc3c2o1. The second-order valence-electron chi connectivity index (χ2n) is 3.48. The van der Waals surface area contributed by atoms with Crippen molar-refractivity contribution in [1.29, 1.82) is 0 Å². The highest BCUT2D eigenvalue weighted by atomic mass is 32.2. The summed E-state index contributed by atoms with van der Waals surface area (Å²) in [6.07, 6.45) is 0. The Morgan fingerprint density at radius 1 is 1.29 bits per heavy atom. The molecule has 0 unspecified atom stereocenters. The molecule has 0 aliphatic rings. The van der Waals surface area contributed by atoms with Crippen LogP contribution in [-0.4, -0.2) is 10.7 Å². The van der Waals surface area contributed by atoms with Gasteiger partial charge in [0.05, 0.1) is 5.39 Å². The van der Waals surface area contributed by atoms with Crippen LogP contribution in [0.2, 0.25) is 0 Å². The maximum Gasteiger partial charge on any atom is 0.366 e. The molecule has 0 spiro atoms. The van der Waals surface area contributed by atoms with E-state index in [2.05, 4.69) is 4.98 Å². The average molecular weight is 247 g/mol. The van der Waals surface area contributed by atoms with Crippen molar-refractivity contribution in [3.63, 3.8) is 0 Å². The second-order valence-corrected chi connectivity index (χ2v) is 4.69. The summed E-state index contributed by atoms with van der Waals surface area (Å²) in [7, 11) is 0. The molecule has 17 heavy (non-hydrogen) atoms. The molecule has 0 saturated carbocycles. The lowest BCUT2D eigenvalue weighted by Gasteiger charge is -1.94. The van der Waals surface area contributed by atoms with Gasteiger partial charge in [0.1, 0.15) is 5.58 Å². The van der Waals surface area contributed by atoms with Crippen LogP contribution in [0.5, 0.6) is 0 Å². The van der Waals surface area contributed by atoms with Gasteiger partial charge in [-0.15, -0.1) is 0 Å². The average Bonchev–Trinajstić information content (AvgIpc) is 2.74. The van der Waals surface area contributed by atoms with Crippen molar-refractivity contribution in [3.8, 4) is 0 Å². The Bertz CT molecular complexity index is 744. The molecule has 0 fully saturated rings. The molecule has 4 nitrogen and oxygen atoms in total. The van der Waals surface area contributed by atoms with E-state index in [0.717, 1.165) is 11.1 Å². The minimum absolute atomic E-state index is 0.264. The van der Waals surface area contributed by atoms with E-state index in [9.17, 15) is 4.79 Å². The van der Waals surface area contributed by atoms with Gasteiger partial charge in [0.2, 0.25) is 0 Å². The van der Waals surface area contributed by atoms with Crippen molar-refractivity contribution < 1.29 is 8.83 Å². The van der Waals surface area contributed by atoms with Crippen LogP contribution in [0.25, 0.3) is 22.1 Å². The largest absolute Gasteiger partial charge is 0.430 e. The van der Waals surface area contributed by atoms with Crippen molar-refractivity contribution in [1.82, 2.24) is 4.98 Å². The molecule has 3 rings (SSSR count). The highest BCUT2D eigenvalue weighted by Crippen LogP contribution is 2.27. The van der Waals surface area contributed by atoms with Gasteiger partial charge in [0.15, 0.2) is 11.1 Å². The van der Waals surface area contributed by atoms with Gasteiger partial charge in [-0.3, -0.25) is 0 Å². The fraction of sp³-hybridized carbons (Fsp3) is 0.167. The maximum atomic E-state index is 11.7. The molecule has 0 aliphatic carbocycles. The summed E-state index contributed by atoms with van der Waals surface area (Å²) in [5, 5.41) is 1.28. The van der Waals surface area contributed by atoms with Gasteiger partial charge >= 0.3 is 5.63 Å². The summed E-state index contributed by atoms with van der Waals surface area (Å²) in [6.45, 7) is 2.00. The third-order valence-electron chi connectivity index (χ3n) is 2.40. The molecule has 0 radical (unpaired) electrons. The predicted octanol–water partition coefficient (Wildman–Crippen LogP) is 3.05. The number of benzene rings is 1. The van der Waals surface area contributed by atoms with Crippen LogP contribution in [0.3, 0.4) is 0 Å². The number of thioether (sulfide) groups is 1. The molecule has 3 aromatic rings. The number of oxazole rings is 1. The van der Waals surface area contributed by atoms with Crippen LogP contribution in [0.1, 0.15) is 6.92 Å². The third kappa shape index (κ3) is 1.63. The molecular formula is C12H9NO3S. The quantitative estimate of drug-likeness (QED) is 0.514. The highest BCUT2D eigenvalue weighted by molar-refractivity contribution is 7.99. The number of fused-ring (bicyclic) bond motifs is 3. The number of hydrogen-bond acceptors (Lipinski definition) is 5. The lowest BCUT2D eigenvalue weighted by atomic mass is 10.2. The summed E-state index contributed by atoms with van der Waals surface area (Å²) >= 11 is 1.46. The number of hydrogen-bond donors (Lipinski definition) is 0. The van der Waals surface area contributed by atoms with Crippen molar-refractivity contribution in [2.24, 2.45) is 0 Å². The maximum absolute atomic E-state index is 11.7. The van der Waals surface area contributed by atoms with Crippen molar-refractivity contribution in [3.05, 3.63) is 34.7 Å². The van der Waals surface area contributed by atoms with Gasteiger partial charge in [-0.1, -0.05) is 30.8 Å². The van der Waals surface area contributed by atoms with Gasteiger partial charge in [-0.25, -0.2) is 4.79 Å². The van der Waals surface area contributed by atoms with Crippen LogP contribution in [0, 0.1) is 0 Å². The third-order valence-corrected chi connectivity index (χ3v) is 3.11. The fourth-order valence-electron chi connectivity index (χ4n) is 1.70. The van der Waals surface area contributed by atoms with Gasteiger partial charge < -0.3 is 8.83 Å². The molecule has 86 valence electrons. The Hall–Kier alpha value is -1.75. The van der Waals surface area contributed by atoms with E-state index in [0.29, 0.717) is 16.4 Å². The molecule has 0 N–H and O–H groups in total. The number of para-hydroxylation sites is 1. The minimum Gasteiger partial charge on any atom is -0.430 e. The van der Waals surface area contributed by atoms with Crippen molar-refractivity contribution in [2.75, 3.05) is 5.75 Å². The first-order chi connectivity index (χ1) is 8.29. The number of aromatic nitrogens is 1.